The highest BCUT2D eigenvalue weighted by molar-refractivity contribution is 7.89. The maximum absolute atomic E-state index is 13.5. The minimum Gasteiger partial charge on any atom is -0.339 e. The topological polar surface area (TPSA) is 105 Å². The molecule has 0 spiro atoms. The summed E-state index contributed by atoms with van der Waals surface area (Å²) in [6.45, 7) is 3.41. The molecule has 0 saturated heterocycles. The summed E-state index contributed by atoms with van der Waals surface area (Å²) in [5.74, 6) is 0.775. The second kappa shape index (κ2) is 12.5. The molecule has 12 heteroatoms. The van der Waals surface area contributed by atoms with Crippen molar-refractivity contribution in [3.8, 4) is 0 Å². The fourth-order valence-electron chi connectivity index (χ4n) is 3.65. The molecule has 4 aromatic rings. The first-order chi connectivity index (χ1) is 18.5. The van der Waals surface area contributed by atoms with Crippen molar-refractivity contribution in [2.75, 3.05) is 11.9 Å². The Hall–Kier alpha value is -2.95. The lowest BCUT2D eigenvalue weighted by Gasteiger charge is -2.22. The SMILES string of the molecule is CC(C)c1nc(Cc2ccc(NC(=O)CN(Cc3ccc(Cl)c(Cl)c3)S(=O)(=O)c3ccc(Cl)cc3)cc2)no1. The smallest absolute Gasteiger partial charge is 0.243 e. The van der Waals surface area contributed by atoms with E-state index in [4.69, 9.17) is 39.3 Å². The number of carbonyl (C=O) groups excluding carboxylic acids is 1. The van der Waals surface area contributed by atoms with Gasteiger partial charge in [-0.05, 0) is 59.7 Å². The second-order valence-corrected chi connectivity index (χ2v) is 12.3. The van der Waals surface area contributed by atoms with Crippen molar-refractivity contribution in [3.05, 3.63) is 105 Å². The van der Waals surface area contributed by atoms with E-state index in [1.54, 1.807) is 30.3 Å². The highest BCUT2D eigenvalue weighted by atomic mass is 35.5. The van der Waals surface area contributed by atoms with Gasteiger partial charge >= 0.3 is 0 Å². The van der Waals surface area contributed by atoms with Gasteiger partial charge in [-0.2, -0.15) is 9.29 Å². The summed E-state index contributed by atoms with van der Waals surface area (Å²) in [6, 6.07) is 17.7. The fraction of sp³-hybridized carbons (Fsp3) is 0.222. The Morgan fingerprint density at radius 1 is 0.949 bits per heavy atom. The monoisotopic (exact) mass is 606 g/mol. The number of aromatic nitrogens is 2. The predicted octanol–water partition coefficient (Wildman–Crippen LogP) is 6.57. The lowest BCUT2D eigenvalue weighted by Crippen LogP contribution is -2.37. The Morgan fingerprint density at radius 2 is 1.62 bits per heavy atom. The maximum Gasteiger partial charge on any atom is 0.243 e. The summed E-state index contributed by atoms with van der Waals surface area (Å²) in [5, 5.41) is 7.77. The summed E-state index contributed by atoms with van der Waals surface area (Å²) in [5.41, 5.74) is 2.01. The third kappa shape index (κ3) is 7.58. The van der Waals surface area contributed by atoms with Gasteiger partial charge in [0.2, 0.25) is 21.8 Å². The van der Waals surface area contributed by atoms with E-state index in [1.165, 1.54) is 24.3 Å². The van der Waals surface area contributed by atoms with Crippen LogP contribution in [0.15, 0.2) is 76.1 Å². The Kier molecular flexibility index (Phi) is 9.30. The summed E-state index contributed by atoms with van der Waals surface area (Å²) in [4.78, 5) is 17.4. The van der Waals surface area contributed by atoms with Crippen LogP contribution in [-0.4, -0.2) is 35.3 Å². The van der Waals surface area contributed by atoms with Crippen LogP contribution in [0.4, 0.5) is 5.69 Å². The number of amides is 1. The molecule has 1 N–H and O–H groups in total. The van der Waals surface area contributed by atoms with E-state index in [9.17, 15) is 13.2 Å². The molecule has 4 rings (SSSR count). The fourth-order valence-corrected chi connectivity index (χ4v) is 5.48. The van der Waals surface area contributed by atoms with Crippen molar-refractivity contribution in [1.29, 1.82) is 0 Å². The second-order valence-electron chi connectivity index (χ2n) is 9.10. The zero-order chi connectivity index (χ0) is 28.2. The number of carbonyl (C=O) groups is 1. The van der Waals surface area contributed by atoms with Gasteiger partial charge in [-0.3, -0.25) is 4.79 Å². The van der Waals surface area contributed by atoms with Gasteiger partial charge in [0.25, 0.3) is 0 Å². The molecule has 8 nitrogen and oxygen atoms in total. The number of nitrogens with zero attached hydrogens (tertiary/aromatic N) is 3. The normalized spacial score (nSPS) is 11.8. The number of hydrogen-bond acceptors (Lipinski definition) is 6. The van der Waals surface area contributed by atoms with Crippen molar-refractivity contribution < 1.29 is 17.7 Å². The first kappa shape index (κ1) is 29.0. The summed E-state index contributed by atoms with van der Waals surface area (Å²) >= 11 is 18.1. The minimum absolute atomic E-state index is 0.00574. The average Bonchev–Trinajstić information content (AvgIpc) is 3.36. The number of rotatable bonds is 10. The van der Waals surface area contributed by atoms with E-state index in [1.807, 2.05) is 26.0 Å². The van der Waals surface area contributed by atoms with Crippen molar-refractivity contribution in [2.45, 2.75) is 37.6 Å². The van der Waals surface area contributed by atoms with E-state index in [-0.39, 0.29) is 22.4 Å². The van der Waals surface area contributed by atoms with E-state index in [2.05, 4.69) is 15.5 Å². The Morgan fingerprint density at radius 3 is 2.23 bits per heavy atom. The van der Waals surface area contributed by atoms with Gasteiger partial charge in [-0.25, -0.2) is 8.42 Å². The number of nitrogens with one attached hydrogen (secondary N) is 1. The maximum atomic E-state index is 13.5. The number of benzene rings is 3. The third-order valence-corrected chi connectivity index (χ3v) is 8.49. The van der Waals surface area contributed by atoms with Gasteiger partial charge in [-0.1, -0.05) is 72.0 Å². The Labute approximate surface area is 241 Å². The Balaban J connectivity index is 1.49. The van der Waals surface area contributed by atoms with Gasteiger partial charge in [0, 0.05) is 29.6 Å². The number of anilines is 1. The van der Waals surface area contributed by atoms with Crippen molar-refractivity contribution in [2.24, 2.45) is 0 Å². The molecule has 3 aromatic carbocycles. The van der Waals surface area contributed by atoms with E-state index in [0.717, 1.165) is 9.87 Å². The lowest BCUT2D eigenvalue weighted by atomic mass is 10.1. The molecule has 0 bridgehead atoms. The van der Waals surface area contributed by atoms with Crippen LogP contribution in [-0.2, 0) is 27.8 Å². The van der Waals surface area contributed by atoms with Crippen LogP contribution in [0.2, 0.25) is 15.1 Å². The zero-order valence-electron chi connectivity index (χ0n) is 21.1. The molecule has 1 aromatic heterocycles. The number of sulfonamides is 1. The molecule has 0 atom stereocenters. The molecule has 0 saturated carbocycles. The molecule has 0 aliphatic carbocycles. The van der Waals surface area contributed by atoms with Gasteiger partial charge in [0.1, 0.15) is 0 Å². The van der Waals surface area contributed by atoms with Crippen molar-refractivity contribution >= 4 is 56.4 Å². The highest BCUT2D eigenvalue weighted by Crippen LogP contribution is 2.26. The van der Waals surface area contributed by atoms with E-state index < -0.39 is 22.5 Å². The summed E-state index contributed by atoms with van der Waals surface area (Å²) in [6.07, 6.45) is 0.473. The van der Waals surface area contributed by atoms with Crippen LogP contribution in [0.25, 0.3) is 0 Å². The molecular weight excluding hydrogens is 583 g/mol. The number of halogens is 3. The van der Waals surface area contributed by atoms with Crippen LogP contribution in [0.3, 0.4) is 0 Å². The third-order valence-electron chi connectivity index (χ3n) is 5.69. The molecule has 0 unspecified atom stereocenters. The quantitative estimate of drug-likeness (QED) is 0.219. The standard InChI is InChI=1S/C27H25Cl3N4O4S/c1-17(2)27-32-25(33-38-27)14-18-3-8-21(9-4-18)31-26(35)16-34(15-19-5-12-23(29)24(30)13-19)39(36,37)22-10-6-20(28)7-11-22/h3-13,17H,14-16H2,1-2H3,(H,31,35). The molecular formula is C27H25Cl3N4O4S. The van der Waals surface area contributed by atoms with Crippen molar-refractivity contribution in [1.82, 2.24) is 14.4 Å². The van der Waals surface area contributed by atoms with Gasteiger partial charge in [0.05, 0.1) is 21.5 Å². The Bertz CT molecular complexity index is 1560. The zero-order valence-corrected chi connectivity index (χ0v) is 24.2. The van der Waals surface area contributed by atoms with Gasteiger partial charge in [-0.15, -0.1) is 0 Å². The largest absolute Gasteiger partial charge is 0.339 e. The molecule has 204 valence electrons. The first-order valence-electron chi connectivity index (χ1n) is 11.9. The molecule has 0 radical (unpaired) electrons. The van der Waals surface area contributed by atoms with Crippen LogP contribution < -0.4 is 5.32 Å². The molecule has 0 fully saturated rings. The van der Waals surface area contributed by atoms with Gasteiger partial charge in [0.15, 0.2) is 5.82 Å². The van der Waals surface area contributed by atoms with Crippen LogP contribution in [0, 0.1) is 0 Å². The molecule has 0 aliphatic rings. The van der Waals surface area contributed by atoms with Crippen LogP contribution in [0.1, 0.15) is 42.6 Å². The van der Waals surface area contributed by atoms with E-state index >= 15 is 0 Å². The molecule has 1 amide bonds. The first-order valence-corrected chi connectivity index (χ1v) is 14.5. The van der Waals surface area contributed by atoms with Crippen LogP contribution >= 0.6 is 34.8 Å². The van der Waals surface area contributed by atoms with Gasteiger partial charge < -0.3 is 9.84 Å². The average molecular weight is 608 g/mol. The highest BCUT2D eigenvalue weighted by Gasteiger charge is 2.27. The van der Waals surface area contributed by atoms with Crippen LogP contribution in [0.5, 0.6) is 0 Å². The molecule has 1 heterocycles. The minimum atomic E-state index is -4.06. The number of hydrogen-bond donors (Lipinski definition) is 1. The summed E-state index contributed by atoms with van der Waals surface area (Å²) < 4.78 is 33.3. The van der Waals surface area contributed by atoms with Crippen molar-refractivity contribution in [3.63, 3.8) is 0 Å². The summed E-state index contributed by atoms with van der Waals surface area (Å²) in [7, 11) is -4.06. The predicted molar refractivity (Wildman–Crippen MR) is 152 cm³/mol. The van der Waals surface area contributed by atoms with E-state index in [0.29, 0.717) is 39.4 Å². The molecule has 0 aliphatic heterocycles. The lowest BCUT2D eigenvalue weighted by molar-refractivity contribution is -0.116. The molecule has 39 heavy (non-hydrogen) atoms.